The predicted molar refractivity (Wildman–Crippen MR) is 72.9 cm³/mol. The zero-order valence-electron chi connectivity index (χ0n) is 9.03. The third-order valence-electron chi connectivity index (χ3n) is 2.08. The topological polar surface area (TPSA) is 63.3 Å². The molecule has 0 aliphatic heterocycles. The van der Waals surface area contributed by atoms with E-state index in [1.165, 1.54) is 0 Å². The van der Waals surface area contributed by atoms with Gasteiger partial charge in [-0.1, -0.05) is 23.2 Å². The standard InChI is InChI=1S/C11H13Cl2NO2S/c12-8-3-7(4-9(13)5-8)6-17-2-1-10(14)11(15)16/h3-5,10H,1-2,6,14H2,(H,15,16). The van der Waals surface area contributed by atoms with Crippen molar-refractivity contribution in [1.29, 1.82) is 0 Å². The molecule has 0 radical (unpaired) electrons. The van der Waals surface area contributed by atoms with Gasteiger partial charge in [-0.3, -0.25) is 4.79 Å². The highest BCUT2D eigenvalue weighted by Crippen LogP contribution is 2.22. The maximum Gasteiger partial charge on any atom is 0.320 e. The molecular formula is C11H13Cl2NO2S. The highest BCUT2D eigenvalue weighted by atomic mass is 35.5. The minimum Gasteiger partial charge on any atom is -0.480 e. The fourth-order valence-corrected chi connectivity index (χ4v) is 2.76. The van der Waals surface area contributed by atoms with Crippen molar-refractivity contribution in [3.63, 3.8) is 0 Å². The highest BCUT2D eigenvalue weighted by Gasteiger charge is 2.10. The maximum atomic E-state index is 10.5. The van der Waals surface area contributed by atoms with Gasteiger partial charge >= 0.3 is 5.97 Å². The van der Waals surface area contributed by atoms with Crippen LogP contribution < -0.4 is 5.73 Å². The molecule has 3 N–H and O–H groups in total. The van der Waals surface area contributed by atoms with Crippen LogP contribution in [0.5, 0.6) is 0 Å². The Balaban J connectivity index is 2.33. The number of carboxylic acids is 1. The van der Waals surface area contributed by atoms with Crippen LogP contribution in [0.4, 0.5) is 0 Å². The molecule has 3 nitrogen and oxygen atoms in total. The van der Waals surface area contributed by atoms with Gasteiger partial charge in [0.1, 0.15) is 6.04 Å². The van der Waals surface area contributed by atoms with E-state index in [0.717, 1.165) is 11.3 Å². The smallest absolute Gasteiger partial charge is 0.320 e. The van der Waals surface area contributed by atoms with Gasteiger partial charge in [-0.25, -0.2) is 0 Å². The Labute approximate surface area is 114 Å². The van der Waals surface area contributed by atoms with E-state index in [-0.39, 0.29) is 0 Å². The summed E-state index contributed by atoms with van der Waals surface area (Å²) in [5, 5.41) is 9.82. The molecule has 6 heteroatoms. The van der Waals surface area contributed by atoms with E-state index in [4.69, 9.17) is 34.0 Å². The quantitative estimate of drug-likeness (QED) is 0.792. The van der Waals surface area contributed by atoms with Crippen molar-refractivity contribution < 1.29 is 9.90 Å². The van der Waals surface area contributed by atoms with Crippen LogP contribution in [0.15, 0.2) is 18.2 Å². The Morgan fingerprint density at radius 2 is 1.94 bits per heavy atom. The molecule has 17 heavy (non-hydrogen) atoms. The van der Waals surface area contributed by atoms with E-state index < -0.39 is 12.0 Å². The number of carboxylic acid groups (broad SMARTS) is 1. The van der Waals surface area contributed by atoms with Crippen molar-refractivity contribution >= 4 is 40.9 Å². The van der Waals surface area contributed by atoms with Crippen LogP contribution in [0.2, 0.25) is 10.0 Å². The van der Waals surface area contributed by atoms with Crippen LogP contribution in [0, 0.1) is 0 Å². The second-order valence-electron chi connectivity index (χ2n) is 3.56. The van der Waals surface area contributed by atoms with Crippen molar-refractivity contribution in [3.8, 4) is 0 Å². The van der Waals surface area contributed by atoms with Gasteiger partial charge in [0.05, 0.1) is 0 Å². The van der Waals surface area contributed by atoms with Gasteiger partial charge in [-0.2, -0.15) is 11.8 Å². The van der Waals surface area contributed by atoms with Gasteiger partial charge in [0, 0.05) is 15.8 Å². The molecule has 0 saturated heterocycles. The number of carbonyl (C=O) groups is 1. The number of thioether (sulfide) groups is 1. The summed E-state index contributed by atoms with van der Waals surface area (Å²) in [4.78, 5) is 10.5. The van der Waals surface area contributed by atoms with Crippen LogP contribution in [0.3, 0.4) is 0 Å². The lowest BCUT2D eigenvalue weighted by molar-refractivity contribution is -0.138. The molecule has 0 heterocycles. The largest absolute Gasteiger partial charge is 0.480 e. The molecule has 1 aromatic rings. The molecule has 0 aliphatic carbocycles. The molecule has 0 saturated carbocycles. The Morgan fingerprint density at radius 3 is 2.47 bits per heavy atom. The third kappa shape index (κ3) is 5.64. The fraction of sp³-hybridized carbons (Fsp3) is 0.364. The first kappa shape index (κ1) is 14.6. The van der Waals surface area contributed by atoms with Crippen LogP contribution >= 0.6 is 35.0 Å². The number of nitrogens with two attached hydrogens (primary N) is 1. The molecule has 94 valence electrons. The van der Waals surface area contributed by atoms with Crippen molar-refractivity contribution in [1.82, 2.24) is 0 Å². The number of aliphatic carboxylic acids is 1. The van der Waals surface area contributed by atoms with Gasteiger partial charge in [0.2, 0.25) is 0 Å². The van der Waals surface area contributed by atoms with Crippen LogP contribution in [0.1, 0.15) is 12.0 Å². The minimum absolute atomic E-state index is 0.453. The lowest BCUT2D eigenvalue weighted by atomic mass is 10.2. The Hall–Kier alpha value is -0.420. The summed E-state index contributed by atoms with van der Waals surface area (Å²) < 4.78 is 0. The van der Waals surface area contributed by atoms with E-state index in [1.807, 2.05) is 12.1 Å². The van der Waals surface area contributed by atoms with E-state index >= 15 is 0 Å². The molecule has 0 fully saturated rings. The molecule has 0 aliphatic rings. The molecule has 1 rings (SSSR count). The molecule has 0 bridgehead atoms. The first-order valence-electron chi connectivity index (χ1n) is 5.00. The molecule has 1 unspecified atom stereocenters. The molecule has 0 amide bonds. The number of benzene rings is 1. The van der Waals surface area contributed by atoms with E-state index in [2.05, 4.69) is 0 Å². The summed E-state index contributed by atoms with van der Waals surface area (Å²) in [6, 6.07) is 4.58. The monoisotopic (exact) mass is 293 g/mol. The lowest BCUT2D eigenvalue weighted by Gasteiger charge is -2.06. The van der Waals surface area contributed by atoms with Crippen LogP contribution in [-0.4, -0.2) is 22.9 Å². The summed E-state index contributed by atoms with van der Waals surface area (Å²) in [6.45, 7) is 0. The number of hydrogen-bond acceptors (Lipinski definition) is 3. The SMILES string of the molecule is NC(CCSCc1cc(Cl)cc(Cl)c1)C(=O)O. The average Bonchev–Trinajstić information content (AvgIpc) is 2.22. The Kier molecular flexibility index (Phi) is 6.12. The van der Waals surface area contributed by atoms with Gasteiger partial charge in [0.25, 0.3) is 0 Å². The van der Waals surface area contributed by atoms with Crippen molar-refractivity contribution in [3.05, 3.63) is 33.8 Å². The zero-order chi connectivity index (χ0) is 12.8. The summed E-state index contributed by atoms with van der Waals surface area (Å²) in [7, 11) is 0. The fourth-order valence-electron chi connectivity index (χ4n) is 1.22. The zero-order valence-corrected chi connectivity index (χ0v) is 11.4. The summed E-state index contributed by atoms with van der Waals surface area (Å²) in [5.74, 6) is 0.473. The van der Waals surface area contributed by atoms with Crippen LogP contribution in [0.25, 0.3) is 0 Å². The average molecular weight is 294 g/mol. The Morgan fingerprint density at radius 1 is 1.35 bits per heavy atom. The van der Waals surface area contributed by atoms with Gasteiger partial charge < -0.3 is 10.8 Å². The summed E-state index contributed by atoms with van der Waals surface area (Å²) in [5.41, 5.74) is 6.41. The first-order valence-corrected chi connectivity index (χ1v) is 6.91. The molecule has 0 aromatic heterocycles. The van der Waals surface area contributed by atoms with E-state index in [0.29, 0.717) is 22.2 Å². The lowest BCUT2D eigenvalue weighted by Crippen LogP contribution is -2.30. The van der Waals surface area contributed by atoms with Crippen molar-refractivity contribution in [2.24, 2.45) is 5.73 Å². The summed E-state index contributed by atoms with van der Waals surface area (Å²) >= 11 is 13.3. The van der Waals surface area contributed by atoms with E-state index in [1.54, 1.807) is 17.8 Å². The number of halogens is 2. The summed E-state index contributed by atoms with van der Waals surface area (Å²) in [6.07, 6.45) is 0.453. The molecule has 1 atom stereocenters. The molecule has 1 aromatic carbocycles. The van der Waals surface area contributed by atoms with Gasteiger partial charge in [0.15, 0.2) is 0 Å². The third-order valence-corrected chi connectivity index (χ3v) is 3.58. The molecular weight excluding hydrogens is 281 g/mol. The normalized spacial score (nSPS) is 12.4. The van der Waals surface area contributed by atoms with Crippen molar-refractivity contribution in [2.75, 3.05) is 5.75 Å². The Bertz CT molecular complexity index is 381. The first-order chi connectivity index (χ1) is 7.99. The van der Waals surface area contributed by atoms with Crippen LogP contribution in [-0.2, 0) is 10.5 Å². The van der Waals surface area contributed by atoms with Crippen molar-refractivity contribution in [2.45, 2.75) is 18.2 Å². The molecule has 0 spiro atoms. The number of rotatable bonds is 6. The second-order valence-corrected chi connectivity index (χ2v) is 5.54. The maximum absolute atomic E-state index is 10.5. The number of hydrogen-bond donors (Lipinski definition) is 2. The second kappa shape index (κ2) is 7.11. The highest BCUT2D eigenvalue weighted by molar-refractivity contribution is 7.98. The van der Waals surface area contributed by atoms with Gasteiger partial charge in [-0.15, -0.1) is 0 Å². The minimum atomic E-state index is -0.962. The predicted octanol–water partition coefficient (Wildman–Crippen LogP) is 3.03. The van der Waals surface area contributed by atoms with E-state index in [9.17, 15) is 4.79 Å². The van der Waals surface area contributed by atoms with Gasteiger partial charge in [-0.05, 0) is 35.9 Å².